The fourth-order valence-corrected chi connectivity index (χ4v) is 3.45. The van der Waals surface area contributed by atoms with Gasteiger partial charge in [0, 0.05) is 25.7 Å². The molecule has 1 heterocycles. The number of halogens is 1. The summed E-state index contributed by atoms with van der Waals surface area (Å²) in [6.45, 7) is 6.15. The van der Waals surface area contributed by atoms with E-state index in [0.29, 0.717) is 42.8 Å². The number of methoxy groups -OCH3 is 1. The molecular formula is C21H29ClN2O4. The summed E-state index contributed by atoms with van der Waals surface area (Å²) in [6, 6.07) is 3.51. The lowest BCUT2D eigenvalue weighted by Gasteiger charge is -2.31. The van der Waals surface area contributed by atoms with E-state index in [1.807, 2.05) is 13.8 Å². The quantitative estimate of drug-likeness (QED) is 0.668. The number of carbonyl (C=O) groups excluding carboxylic acids is 2. The molecular weight excluding hydrogens is 380 g/mol. The molecule has 0 spiro atoms. The van der Waals surface area contributed by atoms with Gasteiger partial charge in [-0.05, 0) is 50.0 Å². The molecule has 0 saturated carbocycles. The number of carbonyl (C=O) groups is 2. The summed E-state index contributed by atoms with van der Waals surface area (Å²) in [5.41, 5.74) is 0.743. The van der Waals surface area contributed by atoms with Crippen molar-refractivity contribution in [1.82, 2.24) is 10.2 Å². The molecule has 1 unspecified atom stereocenters. The van der Waals surface area contributed by atoms with Crippen LogP contribution in [-0.4, -0.2) is 50.1 Å². The van der Waals surface area contributed by atoms with Gasteiger partial charge in [0.1, 0.15) is 0 Å². The summed E-state index contributed by atoms with van der Waals surface area (Å²) in [4.78, 5) is 26.5. The van der Waals surface area contributed by atoms with Gasteiger partial charge < -0.3 is 19.7 Å². The summed E-state index contributed by atoms with van der Waals surface area (Å²) in [6.07, 6.45) is 5.75. The predicted octanol–water partition coefficient (Wildman–Crippen LogP) is 3.53. The van der Waals surface area contributed by atoms with Crippen molar-refractivity contribution in [3.63, 3.8) is 0 Å². The zero-order valence-electron chi connectivity index (χ0n) is 16.8. The van der Waals surface area contributed by atoms with Crippen LogP contribution in [0, 0.1) is 5.92 Å². The van der Waals surface area contributed by atoms with Crippen molar-refractivity contribution in [3.05, 3.63) is 28.8 Å². The van der Waals surface area contributed by atoms with E-state index >= 15 is 0 Å². The number of rotatable bonds is 8. The average molecular weight is 409 g/mol. The van der Waals surface area contributed by atoms with Crippen molar-refractivity contribution in [2.24, 2.45) is 5.92 Å². The maximum atomic E-state index is 12.6. The number of ether oxygens (including phenoxy) is 2. The highest BCUT2D eigenvalue weighted by atomic mass is 35.5. The van der Waals surface area contributed by atoms with Crippen LogP contribution in [0.1, 0.15) is 38.7 Å². The second-order valence-electron chi connectivity index (χ2n) is 6.71. The van der Waals surface area contributed by atoms with Gasteiger partial charge in [-0.25, -0.2) is 0 Å². The Morgan fingerprint density at radius 3 is 2.82 bits per heavy atom. The topological polar surface area (TPSA) is 67.9 Å². The highest BCUT2D eigenvalue weighted by molar-refractivity contribution is 6.32. The van der Waals surface area contributed by atoms with Crippen LogP contribution in [0.5, 0.6) is 11.5 Å². The first-order valence-corrected chi connectivity index (χ1v) is 10.1. The number of nitrogens with one attached hydrogen (secondary N) is 1. The van der Waals surface area contributed by atoms with Gasteiger partial charge in [0.05, 0.1) is 24.7 Å². The number of hydrogen-bond acceptors (Lipinski definition) is 4. The number of likely N-dealkylation sites (tertiary alicyclic amines) is 1. The molecule has 1 atom stereocenters. The Morgan fingerprint density at radius 2 is 2.14 bits per heavy atom. The van der Waals surface area contributed by atoms with Crippen LogP contribution < -0.4 is 14.8 Å². The molecule has 0 aliphatic carbocycles. The van der Waals surface area contributed by atoms with Gasteiger partial charge in [-0.2, -0.15) is 0 Å². The van der Waals surface area contributed by atoms with Crippen LogP contribution in [0.3, 0.4) is 0 Å². The molecule has 0 aromatic heterocycles. The average Bonchev–Trinajstić information content (AvgIpc) is 2.71. The number of piperidine rings is 1. The lowest BCUT2D eigenvalue weighted by molar-refractivity contribution is -0.132. The predicted molar refractivity (Wildman–Crippen MR) is 111 cm³/mol. The molecule has 1 saturated heterocycles. The van der Waals surface area contributed by atoms with E-state index in [1.54, 1.807) is 30.2 Å². The molecule has 1 aromatic rings. The molecule has 1 N–H and O–H groups in total. The monoisotopic (exact) mass is 408 g/mol. The molecule has 1 aliphatic heterocycles. The number of amides is 2. The zero-order valence-corrected chi connectivity index (χ0v) is 17.6. The SMILES string of the molecule is CCCNC(=O)C1CCCN(C(=O)/C=C/c2cc(Cl)c(OCC)c(OC)c2)C1. The van der Waals surface area contributed by atoms with E-state index in [0.717, 1.165) is 24.8 Å². The smallest absolute Gasteiger partial charge is 0.246 e. The fraction of sp³-hybridized carbons (Fsp3) is 0.524. The first-order valence-electron chi connectivity index (χ1n) is 9.75. The second-order valence-corrected chi connectivity index (χ2v) is 7.12. The van der Waals surface area contributed by atoms with Crippen LogP contribution in [0.2, 0.25) is 5.02 Å². The van der Waals surface area contributed by atoms with Crippen molar-refractivity contribution in [2.75, 3.05) is 33.4 Å². The van der Waals surface area contributed by atoms with E-state index in [9.17, 15) is 9.59 Å². The third-order valence-corrected chi connectivity index (χ3v) is 4.89. The van der Waals surface area contributed by atoms with Crippen LogP contribution in [0.4, 0.5) is 0 Å². The second kappa shape index (κ2) is 11.0. The molecule has 1 fully saturated rings. The fourth-order valence-electron chi connectivity index (χ4n) is 3.18. The summed E-state index contributed by atoms with van der Waals surface area (Å²) >= 11 is 6.27. The van der Waals surface area contributed by atoms with Gasteiger partial charge in [0.2, 0.25) is 11.8 Å². The van der Waals surface area contributed by atoms with Gasteiger partial charge >= 0.3 is 0 Å². The number of benzene rings is 1. The minimum atomic E-state index is -0.141. The van der Waals surface area contributed by atoms with Crippen molar-refractivity contribution in [3.8, 4) is 11.5 Å². The van der Waals surface area contributed by atoms with Crippen molar-refractivity contribution in [1.29, 1.82) is 0 Å². The molecule has 154 valence electrons. The van der Waals surface area contributed by atoms with Crippen LogP contribution >= 0.6 is 11.6 Å². The lowest BCUT2D eigenvalue weighted by atomic mass is 9.97. The van der Waals surface area contributed by atoms with Gasteiger partial charge in [0.15, 0.2) is 11.5 Å². The molecule has 0 radical (unpaired) electrons. The highest BCUT2D eigenvalue weighted by Gasteiger charge is 2.27. The molecule has 6 nitrogen and oxygen atoms in total. The molecule has 2 rings (SSSR count). The Balaban J connectivity index is 2.04. The van der Waals surface area contributed by atoms with Gasteiger partial charge in [-0.15, -0.1) is 0 Å². The highest BCUT2D eigenvalue weighted by Crippen LogP contribution is 2.36. The number of hydrogen-bond donors (Lipinski definition) is 1. The Hall–Kier alpha value is -2.21. The summed E-state index contributed by atoms with van der Waals surface area (Å²) in [7, 11) is 1.55. The molecule has 0 bridgehead atoms. The Morgan fingerprint density at radius 1 is 1.36 bits per heavy atom. The molecule has 28 heavy (non-hydrogen) atoms. The molecule has 1 aliphatic rings. The normalized spacial score (nSPS) is 16.9. The van der Waals surface area contributed by atoms with Crippen LogP contribution in [0.15, 0.2) is 18.2 Å². The zero-order chi connectivity index (χ0) is 20.5. The van der Waals surface area contributed by atoms with Crippen molar-refractivity contribution in [2.45, 2.75) is 33.1 Å². The third-order valence-electron chi connectivity index (χ3n) is 4.61. The molecule has 7 heteroatoms. The van der Waals surface area contributed by atoms with Gasteiger partial charge in [-0.3, -0.25) is 9.59 Å². The summed E-state index contributed by atoms with van der Waals surface area (Å²) < 4.78 is 10.8. The first kappa shape index (κ1) is 22.1. The molecule has 2 amide bonds. The molecule has 1 aromatic carbocycles. The van der Waals surface area contributed by atoms with E-state index in [-0.39, 0.29) is 17.7 Å². The van der Waals surface area contributed by atoms with E-state index in [1.165, 1.54) is 6.08 Å². The summed E-state index contributed by atoms with van der Waals surface area (Å²) in [5.74, 6) is 0.792. The maximum absolute atomic E-state index is 12.6. The Kier molecular flexibility index (Phi) is 8.64. The van der Waals surface area contributed by atoms with Crippen molar-refractivity contribution < 1.29 is 19.1 Å². The first-order chi connectivity index (χ1) is 13.5. The third kappa shape index (κ3) is 5.89. The Bertz CT molecular complexity index is 721. The standard InChI is InChI=1S/C21H29ClN2O4/c1-4-10-23-21(26)16-7-6-11-24(14-16)19(25)9-8-15-12-17(22)20(28-5-2)18(13-15)27-3/h8-9,12-13,16H,4-7,10-11,14H2,1-3H3,(H,23,26)/b9-8+. The minimum absolute atomic E-state index is 0.0337. The largest absolute Gasteiger partial charge is 0.493 e. The summed E-state index contributed by atoms with van der Waals surface area (Å²) in [5, 5.41) is 3.35. The van der Waals surface area contributed by atoms with E-state index in [4.69, 9.17) is 21.1 Å². The van der Waals surface area contributed by atoms with E-state index in [2.05, 4.69) is 5.32 Å². The van der Waals surface area contributed by atoms with Gasteiger partial charge in [0.25, 0.3) is 0 Å². The van der Waals surface area contributed by atoms with Crippen molar-refractivity contribution >= 4 is 29.5 Å². The number of nitrogens with zero attached hydrogens (tertiary/aromatic N) is 1. The van der Waals surface area contributed by atoms with Crippen LogP contribution in [-0.2, 0) is 9.59 Å². The Labute approximate surface area is 171 Å². The maximum Gasteiger partial charge on any atom is 0.246 e. The van der Waals surface area contributed by atoms with E-state index < -0.39 is 0 Å². The lowest BCUT2D eigenvalue weighted by Crippen LogP contribution is -2.45. The van der Waals surface area contributed by atoms with Gasteiger partial charge in [-0.1, -0.05) is 18.5 Å². The minimum Gasteiger partial charge on any atom is -0.493 e. The van der Waals surface area contributed by atoms with Crippen LogP contribution in [0.25, 0.3) is 6.08 Å².